The number of halogens is 1. The number of aromatic nitrogens is 3. The molecule has 1 aliphatic heterocycles. The second-order valence-corrected chi connectivity index (χ2v) is 11.2. The molecular weight excluding hydrogens is 540 g/mol. The number of amides is 1. The number of benzene rings is 2. The summed E-state index contributed by atoms with van der Waals surface area (Å²) in [5.41, 5.74) is 2.31. The summed E-state index contributed by atoms with van der Waals surface area (Å²) in [6, 6.07) is 18.2. The average molecular weight is 571 g/mol. The van der Waals surface area contributed by atoms with Gasteiger partial charge in [-0.25, -0.2) is 9.78 Å². The number of anilines is 2. The lowest BCUT2D eigenvalue weighted by atomic mass is 10.1. The molecule has 5 rings (SSSR count). The Bertz CT molecular complexity index is 1720. The van der Waals surface area contributed by atoms with Gasteiger partial charge in [-0.1, -0.05) is 61.0 Å². The van der Waals surface area contributed by atoms with Gasteiger partial charge in [0, 0.05) is 29.4 Å². The van der Waals surface area contributed by atoms with Crippen molar-refractivity contribution >= 4 is 45.5 Å². The zero-order valence-corrected chi connectivity index (χ0v) is 24.1. The van der Waals surface area contributed by atoms with Crippen LogP contribution < -0.4 is 16.2 Å². The van der Waals surface area contributed by atoms with E-state index in [-0.39, 0.29) is 17.4 Å². The Hall–Kier alpha value is -4.50. The lowest BCUT2D eigenvalue weighted by Crippen LogP contribution is -2.27. The fourth-order valence-electron chi connectivity index (χ4n) is 4.47. The summed E-state index contributed by atoms with van der Waals surface area (Å²) in [5.74, 6) is 0.541. The highest BCUT2D eigenvalue weighted by Crippen LogP contribution is 2.25. The first kappa shape index (κ1) is 28.0. The summed E-state index contributed by atoms with van der Waals surface area (Å²) >= 11 is 6.42. The van der Waals surface area contributed by atoms with Crippen LogP contribution in [-0.2, 0) is 4.74 Å². The Morgan fingerprint density at radius 2 is 1.88 bits per heavy atom. The number of nitrogens with one attached hydrogen (secondary N) is 2. The Morgan fingerprint density at radius 3 is 2.63 bits per heavy atom. The molecule has 41 heavy (non-hydrogen) atoms. The monoisotopic (exact) mass is 570 g/mol. The molecule has 0 fully saturated rings. The number of allylic oxidation sites excluding steroid dienone is 2. The minimum Gasteiger partial charge on any atom is -0.444 e. The van der Waals surface area contributed by atoms with E-state index in [1.807, 2.05) is 36.4 Å². The summed E-state index contributed by atoms with van der Waals surface area (Å²) in [6.45, 7) is 8.10. The predicted molar refractivity (Wildman–Crippen MR) is 164 cm³/mol. The van der Waals surface area contributed by atoms with Gasteiger partial charge in [-0.3, -0.25) is 19.7 Å². The van der Waals surface area contributed by atoms with Gasteiger partial charge < -0.3 is 10.1 Å². The van der Waals surface area contributed by atoms with E-state index < -0.39 is 11.7 Å². The summed E-state index contributed by atoms with van der Waals surface area (Å²) in [5, 5.41) is 6.94. The van der Waals surface area contributed by atoms with Gasteiger partial charge in [0.2, 0.25) is 5.95 Å². The molecule has 10 heteroatoms. The summed E-state index contributed by atoms with van der Waals surface area (Å²) in [6.07, 6.45) is 3.96. The van der Waals surface area contributed by atoms with E-state index in [1.165, 1.54) is 4.57 Å². The maximum Gasteiger partial charge on any atom is 0.412 e. The number of hydrogen-bond acceptors (Lipinski definition) is 7. The molecule has 1 amide bonds. The maximum absolute atomic E-state index is 14.1. The molecule has 1 aliphatic rings. The SMILES string of the molecule is CC1C=C(Nc2ncc3cc(-c4ccccc4)c(=O)n(-c4cccc(NC(=O)OC(C)(C)C)c4)c3n2)C(Cl)=NCC1. The van der Waals surface area contributed by atoms with Gasteiger partial charge >= 0.3 is 6.09 Å². The van der Waals surface area contributed by atoms with Gasteiger partial charge in [-0.15, -0.1) is 0 Å². The topological polar surface area (TPSA) is 111 Å². The molecule has 3 heterocycles. The fraction of sp³-hybridized carbons (Fsp3) is 0.258. The van der Waals surface area contributed by atoms with Crippen molar-refractivity contribution in [1.82, 2.24) is 14.5 Å². The van der Waals surface area contributed by atoms with Gasteiger partial charge in [-0.05, 0) is 62.9 Å². The van der Waals surface area contributed by atoms with Crippen molar-refractivity contribution in [3.8, 4) is 16.8 Å². The van der Waals surface area contributed by atoms with Gasteiger partial charge in [0.15, 0.2) is 5.65 Å². The molecule has 1 unspecified atom stereocenters. The van der Waals surface area contributed by atoms with Crippen LogP contribution in [-0.4, -0.2) is 37.9 Å². The van der Waals surface area contributed by atoms with Gasteiger partial charge in [0.05, 0.1) is 11.4 Å². The second-order valence-electron chi connectivity index (χ2n) is 10.9. The lowest BCUT2D eigenvalue weighted by Gasteiger charge is -2.20. The van der Waals surface area contributed by atoms with Crippen LogP contribution in [0.3, 0.4) is 0 Å². The Morgan fingerprint density at radius 1 is 1.10 bits per heavy atom. The molecule has 0 bridgehead atoms. The first-order valence-corrected chi connectivity index (χ1v) is 13.7. The van der Waals surface area contributed by atoms with Crippen molar-refractivity contribution in [2.75, 3.05) is 17.2 Å². The van der Waals surface area contributed by atoms with E-state index >= 15 is 0 Å². The third-order valence-corrected chi connectivity index (χ3v) is 6.65. The van der Waals surface area contributed by atoms with E-state index in [0.29, 0.717) is 45.4 Å². The number of ether oxygens (including phenoxy) is 1. The number of fused-ring (bicyclic) bond motifs is 1. The smallest absolute Gasteiger partial charge is 0.412 e. The minimum atomic E-state index is -0.655. The number of rotatable bonds is 5. The molecular formula is C31H31ClN6O3. The van der Waals surface area contributed by atoms with Crippen LogP contribution in [0.2, 0.25) is 0 Å². The Kier molecular flexibility index (Phi) is 7.90. The van der Waals surface area contributed by atoms with Gasteiger partial charge in [0.25, 0.3) is 5.56 Å². The zero-order chi connectivity index (χ0) is 29.1. The van der Waals surface area contributed by atoms with E-state index in [2.05, 4.69) is 27.5 Å². The molecule has 2 aromatic heterocycles. The van der Waals surface area contributed by atoms with E-state index in [0.717, 1.165) is 12.0 Å². The van der Waals surface area contributed by atoms with Crippen molar-refractivity contribution in [2.24, 2.45) is 10.9 Å². The Balaban J connectivity index is 1.64. The van der Waals surface area contributed by atoms with Crippen LogP contribution in [0.15, 0.2) is 88.4 Å². The van der Waals surface area contributed by atoms with Crippen LogP contribution in [0.25, 0.3) is 27.8 Å². The first-order valence-electron chi connectivity index (χ1n) is 13.4. The molecule has 1 atom stereocenters. The lowest BCUT2D eigenvalue weighted by molar-refractivity contribution is 0.0636. The van der Waals surface area contributed by atoms with E-state index in [4.69, 9.17) is 21.3 Å². The standard InChI is InChI=1S/C31H31ClN6O3/c1-19-13-14-33-26(32)25(15-19)36-29-34-18-21-16-24(20-9-6-5-7-10-20)28(39)38(27(21)37-29)23-12-8-11-22(17-23)35-30(40)41-31(2,3)4/h5-12,15-19H,13-14H2,1-4H3,(H,35,40)(H,34,36,37). The highest BCUT2D eigenvalue weighted by molar-refractivity contribution is 6.69. The largest absolute Gasteiger partial charge is 0.444 e. The molecule has 2 aromatic carbocycles. The predicted octanol–water partition coefficient (Wildman–Crippen LogP) is 6.77. The molecule has 2 N–H and O–H groups in total. The molecule has 0 saturated carbocycles. The summed E-state index contributed by atoms with van der Waals surface area (Å²) < 4.78 is 6.92. The van der Waals surface area contributed by atoms with Crippen LogP contribution in [0, 0.1) is 5.92 Å². The Labute approximate surface area is 243 Å². The number of carbonyl (C=O) groups excluding carboxylic acids is 1. The van der Waals surface area contributed by atoms with Crippen molar-refractivity contribution in [2.45, 2.75) is 39.7 Å². The third-order valence-electron chi connectivity index (χ3n) is 6.33. The van der Waals surface area contributed by atoms with Crippen LogP contribution in [0.4, 0.5) is 16.4 Å². The number of aliphatic imine (C=N–C) groups is 1. The van der Waals surface area contributed by atoms with Crippen LogP contribution >= 0.6 is 11.6 Å². The molecule has 9 nitrogen and oxygen atoms in total. The van der Waals surface area contributed by atoms with Crippen LogP contribution in [0.1, 0.15) is 34.1 Å². The van der Waals surface area contributed by atoms with E-state index in [1.54, 1.807) is 57.3 Å². The highest BCUT2D eigenvalue weighted by atomic mass is 35.5. The molecule has 210 valence electrons. The number of carbonyl (C=O) groups is 1. The summed E-state index contributed by atoms with van der Waals surface area (Å²) in [4.78, 5) is 40.2. The fourth-order valence-corrected chi connectivity index (χ4v) is 4.66. The van der Waals surface area contributed by atoms with Crippen LogP contribution in [0.5, 0.6) is 0 Å². The number of nitrogens with zero attached hydrogens (tertiary/aromatic N) is 4. The van der Waals surface area contributed by atoms with Gasteiger partial charge in [0.1, 0.15) is 10.8 Å². The molecule has 0 saturated heterocycles. The number of hydrogen-bond donors (Lipinski definition) is 2. The van der Waals surface area contributed by atoms with E-state index in [9.17, 15) is 9.59 Å². The van der Waals surface area contributed by atoms with Crippen molar-refractivity contribution < 1.29 is 9.53 Å². The maximum atomic E-state index is 14.1. The molecule has 0 aliphatic carbocycles. The zero-order valence-electron chi connectivity index (χ0n) is 23.3. The van der Waals surface area contributed by atoms with Crippen molar-refractivity contribution in [3.63, 3.8) is 0 Å². The third kappa shape index (κ3) is 6.63. The highest BCUT2D eigenvalue weighted by Gasteiger charge is 2.19. The second kappa shape index (κ2) is 11.5. The normalized spacial score (nSPS) is 15.5. The average Bonchev–Trinajstić information content (AvgIpc) is 3.07. The quantitative estimate of drug-likeness (QED) is 0.274. The van der Waals surface area contributed by atoms with Crippen molar-refractivity contribution in [3.05, 3.63) is 89.0 Å². The molecule has 0 radical (unpaired) electrons. The first-order chi connectivity index (χ1) is 19.6. The summed E-state index contributed by atoms with van der Waals surface area (Å²) in [7, 11) is 0. The molecule has 4 aromatic rings. The number of pyridine rings is 1. The van der Waals surface area contributed by atoms with Crippen molar-refractivity contribution in [1.29, 1.82) is 0 Å². The van der Waals surface area contributed by atoms with Gasteiger partial charge in [-0.2, -0.15) is 4.98 Å². The molecule has 0 spiro atoms. The minimum absolute atomic E-state index is 0.268.